The summed E-state index contributed by atoms with van der Waals surface area (Å²) in [5.41, 5.74) is 0.497. The zero-order valence-corrected chi connectivity index (χ0v) is 9.46. The number of hydrogen-bond donors (Lipinski definition) is 0. The number of halogens is 4. The lowest BCUT2D eigenvalue weighted by molar-refractivity contribution is -0.146. The van der Waals surface area contributed by atoms with Crippen molar-refractivity contribution in [2.45, 2.75) is 12.7 Å². The normalized spacial score (nSPS) is 12.4. The third-order valence-corrected chi connectivity index (χ3v) is 2.01. The first kappa shape index (κ1) is 13.2. The van der Waals surface area contributed by atoms with E-state index in [0.29, 0.717) is 5.69 Å². The van der Waals surface area contributed by atoms with Gasteiger partial charge in [-0.3, -0.25) is 9.58 Å². The van der Waals surface area contributed by atoms with E-state index in [-0.39, 0.29) is 19.0 Å². The molecule has 1 aromatic heterocycles. The molecule has 0 aliphatic rings. The second-order valence-electron chi connectivity index (χ2n) is 3.40. The Labute approximate surface area is 96.0 Å². The predicted octanol–water partition coefficient (Wildman–Crippen LogP) is 1.42. The highest BCUT2D eigenvalue weighted by Gasteiger charge is 2.30. The number of aryl methyl sites for hydroxylation is 1. The van der Waals surface area contributed by atoms with Crippen molar-refractivity contribution in [3.63, 3.8) is 0 Å². The number of rotatable bonds is 5. The second-order valence-corrected chi connectivity index (χ2v) is 3.78. The van der Waals surface area contributed by atoms with Gasteiger partial charge in [0, 0.05) is 32.2 Å². The number of hydrogen-bond acceptors (Lipinski definition) is 3. The Bertz CT molecular complexity index is 325. The van der Waals surface area contributed by atoms with Crippen molar-refractivity contribution >= 4 is 11.6 Å². The maximum atomic E-state index is 12.2. The van der Waals surface area contributed by atoms with E-state index in [1.54, 1.807) is 13.2 Å². The van der Waals surface area contributed by atoms with Crippen LogP contribution in [0, 0.1) is 0 Å². The molecule has 0 unspecified atom stereocenters. The molecule has 92 valence electrons. The maximum Gasteiger partial charge on any atom is 0.401 e. The fraction of sp³-hybridized carbons (Fsp3) is 0.750. The van der Waals surface area contributed by atoms with Gasteiger partial charge >= 0.3 is 6.18 Å². The van der Waals surface area contributed by atoms with Gasteiger partial charge in [-0.15, -0.1) is 16.7 Å². The van der Waals surface area contributed by atoms with Crippen LogP contribution in [0.3, 0.4) is 0 Å². The van der Waals surface area contributed by atoms with E-state index in [9.17, 15) is 13.2 Å². The summed E-state index contributed by atoms with van der Waals surface area (Å²) < 4.78 is 38.1. The van der Waals surface area contributed by atoms with Crippen molar-refractivity contribution in [1.29, 1.82) is 0 Å². The second kappa shape index (κ2) is 5.49. The van der Waals surface area contributed by atoms with E-state index in [2.05, 4.69) is 10.3 Å². The Morgan fingerprint density at radius 2 is 2.19 bits per heavy atom. The molecule has 1 heterocycles. The van der Waals surface area contributed by atoms with E-state index in [1.807, 2.05) is 0 Å². The summed E-state index contributed by atoms with van der Waals surface area (Å²) in [6.45, 7) is -0.728. The zero-order valence-electron chi connectivity index (χ0n) is 8.71. The summed E-state index contributed by atoms with van der Waals surface area (Å²) >= 11 is 5.45. The molecule has 1 aromatic rings. The van der Waals surface area contributed by atoms with Gasteiger partial charge in [0.15, 0.2) is 0 Å². The Balaban J connectivity index is 2.57. The Morgan fingerprint density at radius 1 is 1.50 bits per heavy atom. The smallest absolute Gasteiger partial charge is 0.288 e. The maximum absolute atomic E-state index is 12.2. The predicted molar refractivity (Wildman–Crippen MR) is 53.1 cm³/mol. The lowest BCUT2D eigenvalue weighted by Crippen LogP contribution is -2.35. The van der Waals surface area contributed by atoms with E-state index < -0.39 is 12.7 Å². The SMILES string of the molecule is Cn1cc(CN(CCCl)CC(F)(F)F)nn1. The van der Waals surface area contributed by atoms with Gasteiger partial charge < -0.3 is 0 Å². The summed E-state index contributed by atoms with van der Waals surface area (Å²) in [6, 6.07) is 0. The molecule has 0 saturated heterocycles. The standard InChI is InChI=1S/C8H12ClF3N4/c1-15-4-7(13-14-15)5-16(3-2-9)6-8(10,11)12/h4H,2-3,5-6H2,1H3. The topological polar surface area (TPSA) is 34.0 Å². The van der Waals surface area contributed by atoms with Gasteiger partial charge in [-0.1, -0.05) is 5.21 Å². The van der Waals surface area contributed by atoms with Gasteiger partial charge in [-0.25, -0.2) is 0 Å². The summed E-state index contributed by atoms with van der Waals surface area (Å²) in [7, 11) is 1.66. The largest absolute Gasteiger partial charge is 0.401 e. The molecule has 16 heavy (non-hydrogen) atoms. The quantitative estimate of drug-likeness (QED) is 0.747. The number of alkyl halides is 4. The van der Waals surface area contributed by atoms with Crippen LogP contribution in [0.1, 0.15) is 5.69 Å². The van der Waals surface area contributed by atoms with Crippen molar-refractivity contribution in [1.82, 2.24) is 19.9 Å². The molecular weight excluding hydrogens is 245 g/mol. The lowest BCUT2D eigenvalue weighted by atomic mass is 10.4. The van der Waals surface area contributed by atoms with Gasteiger partial charge in [0.2, 0.25) is 0 Å². The highest BCUT2D eigenvalue weighted by molar-refractivity contribution is 6.18. The van der Waals surface area contributed by atoms with Crippen LogP contribution < -0.4 is 0 Å². The molecule has 0 aliphatic heterocycles. The molecule has 0 bridgehead atoms. The van der Waals surface area contributed by atoms with Crippen LogP contribution in [0.2, 0.25) is 0 Å². The van der Waals surface area contributed by atoms with Crippen LogP contribution >= 0.6 is 11.6 Å². The average molecular weight is 257 g/mol. The van der Waals surface area contributed by atoms with Crippen LogP contribution in [0.5, 0.6) is 0 Å². The minimum absolute atomic E-state index is 0.0973. The van der Waals surface area contributed by atoms with Crippen molar-refractivity contribution in [2.24, 2.45) is 7.05 Å². The Hall–Kier alpha value is -0.820. The van der Waals surface area contributed by atoms with Gasteiger partial charge in [0.25, 0.3) is 0 Å². The minimum atomic E-state index is -4.23. The first-order valence-electron chi connectivity index (χ1n) is 4.61. The van der Waals surface area contributed by atoms with E-state index in [4.69, 9.17) is 11.6 Å². The molecular formula is C8H12ClF3N4. The van der Waals surface area contributed by atoms with Crippen LogP contribution in [0.15, 0.2) is 6.20 Å². The minimum Gasteiger partial charge on any atom is -0.288 e. The van der Waals surface area contributed by atoms with Crippen LogP contribution in [-0.2, 0) is 13.6 Å². The molecule has 0 spiro atoms. The summed E-state index contributed by atoms with van der Waals surface area (Å²) in [5, 5.41) is 7.38. The van der Waals surface area contributed by atoms with Gasteiger partial charge in [-0.05, 0) is 0 Å². The molecule has 0 atom stereocenters. The van der Waals surface area contributed by atoms with Gasteiger partial charge in [-0.2, -0.15) is 13.2 Å². The monoisotopic (exact) mass is 256 g/mol. The third kappa shape index (κ3) is 4.80. The highest BCUT2D eigenvalue weighted by Crippen LogP contribution is 2.17. The third-order valence-electron chi connectivity index (χ3n) is 1.84. The van der Waals surface area contributed by atoms with Gasteiger partial charge in [0.1, 0.15) is 0 Å². The number of nitrogens with zero attached hydrogens (tertiary/aromatic N) is 4. The average Bonchev–Trinajstić information content (AvgIpc) is 2.48. The summed E-state index contributed by atoms with van der Waals surface area (Å²) in [6.07, 6.45) is -2.65. The molecule has 4 nitrogen and oxygen atoms in total. The molecule has 0 fully saturated rings. The molecule has 0 N–H and O–H groups in total. The fourth-order valence-electron chi connectivity index (χ4n) is 1.28. The van der Waals surface area contributed by atoms with Crippen molar-refractivity contribution in [3.8, 4) is 0 Å². The Morgan fingerprint density at radius 3 is 2.62 bits per heavy atom. The van der Waals surface area contributed by atoms with Crippen molar-refractivity contribution in [3.05, 3.63) is 11.9 Å². The Kier molecular flexibility index (Phi) is 4.55. The zero-order chi connectivity index (χ0) is 12.2. The molecule has 1 rings (SSSR count). The van der Waals surface area contributed by atoms with Crippen LogP contribution in [0.25, 0.3) is 0 Å². The van der Waals surface area contributed by atoms with E-state index >= 15 is 0 Å². The van der Waals surface area contributed by atoms with Crippen molar-refractivity contribution in [2.75, 3.05) is 19.0 Å². The molecule has 0 aliphatic carbocycles. The first-order valence-corrected chi connectivity index (χ1v) is 5.14. The fourth-order valence-corrected chi connectivity index (χ4v) is 1.52. The van der Waals surface area contributed by atoms with E-state index in [1.165, 1.54) is 9.58 Å². The highest BCUT2D eigenvalue weighted by atomic mass is 35.5. The first-order chi connectivity index (χ1) is 7.40. The summed E-state index contributed by atoms with van der Waals surface area (Å²) in [5.74, 6) is 0.149. The lowest BCUT2D eigenvalue weighted by Gasteiger charge is -2.21. The molecule has 0 amide bonds. The molecule has 0 radical (unpaired) electrons. The van der Waals surface area contributed by atoms with Crippen LogP contribution in [0.4, 0.5) is 13.2 Å². The molecule has 8 heteroatoms. The van der Waals surface area contributed by atoms with Gasteiger partial charge in [0.05, 0.1) is 12.2 Å². The molecule has 0 saturated carbocycles. The summed E-state index contributed by atoms with van der Waals surface area (Å²) in [4.78, 5) is 1.19. The van der Waals surface area contributed by atoms with E-state index in [0.717, 1.165) is 0 Å². The van der Waals surface area contributed by atoms with Crippen molar-refractivity contribution < 1.29 is 13.2 Å². The molecule has 0 aromatic carbocycles. The number of aromatic nitrogens is 3. The van der Waals surface area contributed by atoms with Crippen LogP contribution in [-0.4, -0.2) is 45.0 Å².